The predicted molar refractivity (Wildman–Crippen MR) is 89.3 cm³/mol. The van der Waals surface area contributed by atoms with E-state index in [9.17, 15) is 10.1 Å². The zero-order valence-electron chi connectivity index (χ0n) is 13.4. The largest absolute Gasteiger partial charge is 0.493 e. The lowest BCUT2D eigenvalue weighted by Gasteiger charge is -2.17. The molecule has 6 heteroatoms. The van der Waals surface area contributed by atoms with Crippen LogP contribution in [0.15, 0.2) is 23.0 Å². The first kappa shape index (κ1) is 16.9. The minimum atomic E-state index is -0.430. The maximum Gasteiger partial charge on any atom is 0.266 e. The Hall–Kier alpha value is -2.45. The van der Waals surface area contributed by atoms with Crippen LogP contribution in [-0.4, -0.2) is 18.2 Å². The number of aryl methyl sites for hydroxylation is 1. The maximum atomic E-state index is 12.0. The summed E-state index contributed by atoms with van der Waals surface area (Å²) in [7, 11) is 1.51. The van der Waals surface area contributed by atoms with E-state index in [1.165, 1.54) is 7.11 Å². The summed E-state index contributed by atoms with van der Waals surface area (Å²) >= 11 is 6.31. The van der Waals surface area contributed by atoms with Crippen molar-refractivity contribution >= 4 is 11.6 Å². The monoisotopic (exact) mass is 332 g/mol. The average Bonchev–Trinajstić information content (AvgIpc) is 2.48. The molecule has 1 heterocycles. The first-order valence-corrected chi connectivity index (χ1v) is 7.43. The Bertz CT molecular complexity index is 835. The molecule has 2 rings (SSSR count). The fourth-order valence-corrected chi connectivity index (χ4v) is 2.51. The van der Waals surface area contributed by atoms with Gasteiger partial charge in [0.1, 0.15) is 11.6 Å². The van der Waals surface area contributed by atoms with Crippen molar-refractivity contribution in [2.24, 2.45) is 0 Å². The Labute approximate surface area is 139 Å². The van der Waals surface area contributed by atoms with Crippen LogP contribution in [-0.2, 0) is 0 Å². The molecule has 1 aromatic heterocycles. The first-order chi connectivity index (χ1) is 10.9. The van der Waals surface area contributed by atoms with Crippen LogP contribution < -0.4 is 15.0 Å². The molecule has 0 radical (unpaired) electrons. The minimum Gasteiger partial charge on any atom is -0.493 e. The van der Waals surface area contributed by atoms with Crippen LogP contribution in [0, 0.1) is 18.3 Å². The molecule has 0 unspecified atom stereocenters. The van der Waals surface area contributed by atoms with Gasteiger partial charge in [-0.3, -0.25) is 4.79 Å². The van der Waals surface area contributed by atoms with E-state index < -0.39 is 5.56 Å². The molecule has 0 aliphatic carbocycles. The second kappa shape index (κ2) is 6.76. The Morgan fingerprint density at radius 2 is 2.00 bits per heavy atom. The highest BCUT2D eigenvalue weighted by molar-refractivity contribution is 6.32. The third-order valence-corrected chi connectivity index (χ3v) is 3.45. The molecule has 120 valence electrons. The minimum absolute atomic E-state index is 0.0336. The molecule has 1 aromatic carbocycles. The number of nitrogens with zero attached hydrogens (tertiary/aromatic N) is 1. The van der Waals surface area contributed by atoms with E-state index in [1.54, 1.807) is 25.1 Å². The lowest BCUT2D eigenvalue weighted by molar-refractivity contribution is 0.230. The van der Waals surface area contributed by atoms with Gasteiger partial charge in [0.25, 0.3) is 5.56 Å². The number of aromatic nitrogens is 1. The number of H-pyrrole nitrogens is 1. The zero-order chi connectivity index (χ0) is 17.1. The average molecular weight is 333 g/mol. The highest BCUT2D eigenvalue weighted by Crippen LogP contribution is 2.40. The van der Waals surface area contributed by atoms with Gasteiger partial charge in [-0.2, -0.15) is 5.26 Å². The first-order valence-electron chi connectivity index (χ1n) is 7.06. The van der Waals surface area contributed by atoms with Gasteiger partial charge >= 0.3 is 0 Å². The molecule has 0 aliphatic rings. The van der Waals surface area contributed by atoms with Gasteiger partial charge in [0.05, 0.1) is 18.2 Å². The van der Waals surface area contributed by atoms with Gasteiger partial charge in [-0.05, 0) is 44.5 Å². The van der Waals surface area contributed by atoms with Crippen molar-refractivity contribution in [3.63, 3.8) is 0 Å². The number of nitrogens with one attached hydrogen (secondary N) is 1. The molecule has 23 heavy (non-hydrogen) atoms. The number of rotatable bonds is 4. The van der Waals surface area contributed by atoms with E-state index in [0.29, 0.717) is 33.3 Å². The van der Waals surface area contributed by atoms with Gasteiger partial charge in [0.15, 0.2) is 11.5 Å². The molecule has 0 atom stereocenters. The molecule has 2 aromatic rings. The summed E-state index contributed by atoms with van der Waals surface area (Å²) in [6.45, 7) is 5.52. The number of benzene rings is 1. The third kappa shape index (κ3) is 3.49. The Morgan fingerprint density at radius 3 is 2.57 bits per heavy atom. The molecular formula is C17H17ClN2O3. The van der Waals surface area contributed by atoms with Crippen molar-refractivity contribution in [2.75, 3.05) is 7.11 Å². The van der Waals surface area contributed by atoms with Crippen molar-refractivity contribution in [1.82, 2.24) is 4.98 Å². The van der Waals surface area contributed by atoms with Crippen molar-refractivity contribution in [3.8, 4) is 28.7 Å². The van der Waals surface area contributed by atoms with Crippen LogP contribution in [0.5, 0.6) is 11.5 Å². The Kier molecular flexibility index (Phi) is 4.97. The van der Waals surface area contributed by atoms with Crippen LogP contribution in [0.4, 0.5) is 0 Å². The summed E-state index contributed by atoms with van der Waals surface area (Å²) in [4.78, 5) is 14.6. The predicted octanol–water partition coefficient (Wildman–Crippen LogP) is 3.67. The van der Waals surface area contributed by atoms with Crippen LogP contribution >= 0.6 is 11.6 Å². The van der Waals surface area contributed by atoms with Crippen LogP contribution in [0.25, 0.3) is 11.1 Å². The fourth-order valence-electron chi connectivity index (χ4n) is 2.25. The van der Waals surface area contributed by atoms with Gasteiger partial charge < -0.3 is 14.5 Å². The number of aromatic amines is 1. The molecular weight excluding hydrogens is 316 g/mol. The highest BCUT2D eigenvalue weighted by atomic mass is 35.5. The van der Waals surface area contributed by atoms with Gasteiger partial charge in [-0.25, -0.2) is 0 Å². The molecule has 0 saturated heterocycles. The van der Waals surface area contributed by atoms with Crippen molar-refractivity contribution in [1.29, 1.82) is 5.26 Å². The molecule has 0 spiro atoms. The van der Waals surface area contributed by atoms with Crippen molar-refractivity contribution < 1.29 is 9.47 Å². The van der Waals surface area contributed by atoms with E-state index >= 15 is 0 Å². The van der Waals surface area contributed by atoms with Crippen LogP contribution in [0.3, 0.4) is 0 Å². The van der Waals surface area contributed by atoms with Gasteiger partial charge in [0, 0.05) is 11.3 Å². The topological polar surface area (TPSA) is 75.1 Å². The second-order valence-corrected chi connectivity index (χ2v) is 5.75. The molecule has 0 aliphatic heterocycles. The summed E-state index contributed by atoms with van der Waals surface area (Å²) in [5.41, 5.74) is 1.38. The van der Waals surface area contributed by atoms with Crippen molar-refractivity contribution in [3.05, 3.63) is 44.8 Å². The number of ether oxygens (including phenoxy) is 2. The zero-order valence-corrected chi connectivity index (χ0v) is 14.1. The number of methoxy groups -OCH3 is 1. The van der Waals surface area contributed by atoms with Gasteiger partial charge in [-0.15, -0.1) is 0 Å². The number of hydrogen-bond donors (Lipinski definition) is 1. The summed E-state index contributed by atoms with van der Waals surface area (Å²) in [6, 6.07) is 7.04. The van der Waals surface area contributed by atoms with E-state index in [2.05, 4.69) is 4.98 Å². The Morgan fingerprint density at radius 1 is 1.30 bits per heavy atom. The number of nitriles is 1. The molecule has 0 amide bonds. The SMILES string of the molecule is COc1cc(-c2cc(C)[nH]c(=O)c2C#N)cc(Cl)c1OC(C)C. The van der Waals surface area contributed by atoms with Crippen molar-refractivity contribution in [2.45, 2.75) is 26.9 Å². The number of halogens is 1. The number of pyridine rings is 1. The third-order valence-electron chi connectivity index (χ3n) is 3.17. The maximum absolute atomic E-state index is 12.0. The summed E-state index contributed by atoms with van der Waals surface area (Å²) in [5.74, 6) is 0.885. The van der Waals surface area contributed by atoms with Crippen LogP contribution in [0.2, 0.25) is 5.02 Å². The van der Waals surface area contributed by atoms with E-state index in [1.807, 2.05) is 19.9 Å². The smallest absolute Gasteiger partial charge is 0.266 e. The lowest BCUT2D eigenvalue weighted by atomic mass is 10.0. The second-order valence-electron chi connectivity index (χ2n) is 5.34. The molecule has 5 nitrogen and oxygen atoms in total. The summed E-state index contributed by atoms with van der Waals surface area (Å²) < 4.78 is 11.0. The quantitative estimate of drug-likeness (QED) is 0.926. The van der Waals surface area contributed by atoms with Gasteiger partial charge in [-0.1, -0.05) is 11.6 Å². The van der Waals surface area contributed by atoms with Gasteiger partial charge in [0.2, 0.25) is 0 Å². The molecule has 0 saturated carbocycles. The summed E-state index contributed by atoms with van der Waals surface area (Å²) in [6.07, 6.45) is -0.0660. The van der Waals surface area contributed by atoms with E-state index in [0.717, 1.165) is 0 Å². The Balaban J connectivity index is 2.70. The molecule has 0 fully saturated rings. The van der Waals surface area contributed by atoms with E-state index in [-0.39, 0.29) is 11.7 Å². The molecule has 0 bridgehead atoms. The normalized spacial score (nSPS) is 10.5. The standard InChI is InChI=1S/C17H17ClN2O3/c1-9(2)23-16-14(18)6-11(7-15(16)22-4)12-5-10(3)20-17(21)13(12)8-19/h5-7,9H,1-4H3,(H,20,21). The van der Waals surface area contributed by atoms with E-state index in [4.69, 9.17) is 21.1 Å². The highest BCUT2D eigenvalue weighted by Gasteiger charge is 2.17. The van der Waals surface area contributed by atoms with Crippen LogP contribution in [0.1, 0.15) is 25.1 Å². The number of hydrogen-bond acceptors (Lipinski definition) is 4. The summed E-state index contributed by atoms with van der Waals surface area (Å²) in [5, 5.41) is 9.62. The molecule has 1 N–H and O–H groups in total. The lowest BCUT2D eigenvalue weighted by Crippen LogP contribution is -2.13. The fraction of sp³-hybridized carbons (Fsp3) is 0.294.